The van der Waals surface area contributed by atoms with Gasteiger partial charge in [0.25, 0.3) is 0 Å². The molecule has 0 radical (unpaired) electrons. The molecule has 2 aromatic rings. The van der Waals surface area contributed by atoms with Crippen LogP contribution in [0, 0.1) is 0 Å². The lowest BCUT2D eigenvalue weighted by molar-refractivity contribution is 0.0692. The maximum Gasteiger partial charge on any atom is 0.337 e. The van der Waals surface area contributed by atoms with Crippen LogP contribution in [-0.2, 0) is 0 Å². The van der Waals surface area contributed by atoms with Crippen molar-refractivity contribution < 1.29 is 33.6 Å². The van der Waals surface area contributed by atoms with E-state index in [4.69, 9.17) is 18.9 Å². The van der Waals surface area contributed by atoms with Crippen LogP contribution >= 0.6 is 0 Å². The van der Waals surface area contributed by atoms with Crippen LogP contribution in [0.5, 0.6) is 23.0 Å². The van der Waals surface area contributed by atoms with E-state index in [1.807, 2.05) is 0 Å². The lowest BCUT2D eigenvalue weighted by atomic mass is 9.91. The largest absolute Gasteiger partial charge is 0.493 e. The molecule has 7 heteroatoms. The Kier molecular flexibility index (Phi) is 5.71. The molecule has 0 aromatic heterocycles. The van der Waals surface area contributed by atoms with Crippen LogP contribution in [0.15, 0.2) is 24.3 Å². The Morgan fingerprint density at radius 3 is 1.96 bits per heavy atom. The van der Waals surface area contributed by atoms with Crippen molar-refractivity contribution in [3.05, 3.63) is 35.4 Å². The van der Waals surface area contributed by atoms with Gasteiger partial charge in [0, 0.05) is 16.7 Å². The number of hydrogen-bond donors (Lipinski definition) is 1. The van der Waals surface area contributed by atoms with E-state index in [-0.39, 0.29) is 28.2 Å². The first-order valence-electron chi connectivity index (χ1n) is 7.65. The summed E-state index contributed by atoms with van der Waals surface area (Å²) in [5.41, 5.74) is 0.402. The van der Waals surface area contributed by atoms with Crippen molar-refractivity contribution in [3.8, 4) is 34.1 Å². The standard InChI is InChI=1S/C19H20O7/c1-10(20)12-9-14(24-3)18(26-5)15(16(12)19(21)22)11-7-6-8-13(23-2)17(11)25-4/h6-9H,1-5H3,(H,21,22). The van der Waals surface area contributed by atoms with Crippen molar-refractivity contribution in [2.24, 2.45) is 0 Å². The third-order valence-corrected chi connectivity index (χ3v) is 3.94. The Bertz CT molecular complexity index is 855. The minimum Gasteiger partial charge on any atom is -0.493 e. The van der Waals surface area contributed by atoms with Crippen LogP contribution < -0.4 is 18.9 Å². The van der Waals surface area contributed by atoms with Crippen LogP contribution in [0.25, 0.3) is 11.1 Å². The van der Waals surface area contributed by atoms with Gasteiger partial charge in [-0.3, -0.25) is 4.79 Å². The minimum atomic E-state index is -1.27. The van der Waals surface area contributed by atoms with Gasteiger partial charge in [-0.2, -0.15) is 0 Å². The highest BCUT2D eigenvalue weighted by atomic mass is 16.5. The highest BCUT2D eigenvalue weighted by Gasteiger charge is 2.29. The molecule has 0 bridgehead atoms. The first-order chi connectivity index (χ1) is 12.4. The molecule has 0 amide bonds. The molecule has 0 saturated heterocycles. The summed E-state index contributed by atoms with van der Waals surface area (Å²) in [6, 6.07) is 6.39. The van der Waals surface area contributed by atoms with Gasteiger partial charge in [0.2, 0.25) is 0 Å². The van der Waals surface area contributed by atoms with Crippen LogP contribution in [0.4, 0.5) is 0 Å². The molecule has 138 valence electrons. The molecule has 0 aliphatic heterocycles. The monoisotopic (exact) mass is 360 g/mol. The zero-order valence-electron chi connectivity index (χ0n) is 15.2. The summed E-state index contributed by atoms with van der Waals surface area (Å²) >= 11 is 0. The fraction of sp³-hybridized carbons (Fsp3) is 0.263. The second-order valence-electron chi connectivity index (χ2n) is 5.31. The Balaban J connectivity index is 3.06. The summed E-state index contributed by atoms with van der Waals surface area (Å²) < 4.78 is 21.5. The van der Waals surface area contributed by atoms with Gasteiger partial charge >= 0.3 is 5.97 Å². The van der Waals surface area contributed by atoms with Gasteiger partial charge in [-0.15, -0.1) is 0 Å². The summed E-state index contributed by atoms with van der Waals surface area (Å²) in [5.74, 6) is -0.527. The molecule has 0 aliphatic carbocycles. The Labute approximate surface area is 151 Å². The smallest absolute Gasteiger partial charge is 0.337 e. The van der Waals surface area contributed by atoms with Crippen LogP contribution in [0.3, 0.4) is 0 Å². The van der Waals surface area contributed by atoms with Crippen molar-refractivity contribution in [2.45, 2.75) is 6.92 Å². The van der Waals surface area contributed by atoms with Crippen LogP contribution in [0.1, 0.15) is 27.6 Å². The molecule has 0 atom stereocenters. The average molecular weight is 360 g/mol. The Morgan fingerprint density at radius 1 is 0.885 bits per heavy atom. The van der Waals surface area contributed by atoms with E-state index in [1.165, 1.54) is 41.4 Å². The number of carboxylic acids is 1. The van der Waals surface area contributed by atoms with E-state index >= 15 is 0 Å². The molecule has 7 nitrogen and oxygen atoms in total. The minimum absolute atomic E-state index is 0.00928. The van der Waals surface area contributed by atoms with E-state index in [2.05, 4.69) is 0 Å². The molecule has 0 saturated carbocycles. The number of carbonyl (C=O) groups excluding carboxylic acids is 1. The lowest BCUT2D eigenvalue weighted by Crippen LogP contribution is -2.11. The molecule has 2 rings (SSSR count). The van der Waals surface area contributed by atoms with E-state index in [1.54, 1.807) is 18.2 Å². The Morgan fingerprint density at radius 2 is 1.50 bits per heavy atom. The molecule has 0 unspecified atom stereocenters. The predicted molar refractivity (Wildman–Crippen MR) is 95.0 cm³/mol. The van der Waals surface area contributed by atoms with E-state index < -0.39 is 11.8 Å². The first kappa shape index (κ1) is 19.1. The molecule has 0 heterocycles. The third-order valence-electron chi connectivity index (χ3n) is 3.94. The average Bonchev–Trinajstić information content (AvgIpc) is 2.64. The first-order valence-corrected chi connectivity index (χ1v) is 7.65. The summed E-state index contributed by atoms with van der Waals surface area (Å²) in [5, 5.41) is 9.81. The molecule has 0 spiro atoms. The molecule has 1 N–H and O–H groups in total. The normalized spacial score (nSPS) is 10.2. The SMILES string of the molecule is COc1cccc(-c2c(OC)c(OC)cc(C(C)=O)c2C(=O)O)c1OC. The van der Waals surface area contributed by atoms with Gasteiger partial charge in [0.15, 0.2) is 28.8 Å². The molecule has 0 fully saturated rings. The van der Waals surface area contributed by atoms with Gasteiger partial charge in [-0.1, -0.05) is 12.1 Å². The molecule has 0 aliphatic rings. The number of methoxy groups -OCH3 is 4. The number of benzene rings is 2. The summed E-state index contributed by atoms with van der Waals surface area (Å²) in [6.45, 7) is 1.29. The number of rotatable bonds is 7. The van der Waals surface area contributed by atoms with Crippen molar-refractivity contribution in [1.82, 2.24) is 0 Å². The third kappa shape index (κ3) is 3.15. The predicted octanol–water partition coefficient (Wildman–Crippen LogP) is 3.29. The second kappa shape index (κ2) is 7.77. The number of Topliss-reactive ketones (excluding diaryl/α,β-unsaturated/α-hetero) is 1. The van der Waals surface area contributed by atoms with E-state index in [0.717, 1.165) is 0 Å². The topological polar surface area (TPSA) is 91.3 Å². The number of ether oxygens (including phenoxy) is 4. The molecule has 26 heavy (non-hydrogen) atoms. The maximum absolute atomic E-state index is 12.1. The quantitative estimate of drug-likeness (QED) is 0.758. The molecular formula is C19H20O7. The Hall–Kier alpha value is -3.22. The highest BCUT2D eigenvalue weighted by molar-refractivity contribution is 6.11. The van der Waals surface area contributed by atoms with Crippen LogP contribution in [0.2, 0.25) is 0 Å². The van der Waals surface area contributed by atoms with Crippen molar-refractivity contribution >= 4 is 11.8 Å². The zero-order valence-corrected chi connectivity index (χ0v) is 15.2. The fourth-order valence-electron chi connectivity index (χ4n) is 2.84. The van der Waals surface area contributed by atoms with Gasteiger partial charge < -0.3 is 24.1 Å². The van der Waals surface area contributed by atoms with Crippen LogP contribution in [-0.4, -0.2) is 45.3 Å². The fourth-order valence-corrected chi connectivity index (χ4v) is 2.84. The van der Waals surface area contributed by atoms with E-state index in [0.29, 0.717) is 17.1 Å². The summed E-state index contributed by atoms with van der Waals surface area (Å²) in [4.78, 5) is 24.1. The zero-order chi connectivity index (χ0) is 19.4. The second-order valence-corrected chi connectivity index (χ2v) is 5.31. The summed E-state index contributed by atoms with van der Waals surface area (Å²) in [7, 11) is 5.73. The number of para-hydroxylation sites is 1. The summed E-state index contributed by atoms with van der Waals surface area (Å²) in [6.07, 6.45) is 0. The number of carbonyl (C=O) groups is 2. The molecular weight excluding hydrogens is 340 g/mol. The maximum atomic E-state index is 12.1. The van der Waals surface area contributed by atoms with Crippen molar-refractivity contribution in [2.75, 3.05) is 28.4 Å². The van der Waals surface area contributed by atoms with Gasteiger partial charge in [-0.25, -0.2) is 4.79 Å². The number of aromatic carboxylic acids is 1. The number of hydrogen-bond acceptors (Lipinski definition) is 6. The van der Waals surface area contributed by atoms with Gasteiger partial charge in [-0.05, 0) is 19.1 Å². The van der Waals surface area contributed by atoms with Crippen molar-refractivity contribution in [3.63, 3.8) is 0 Å². The number of carboxylic acid groups (broad SMARTS) is 1. The van der Waals surface area contributed by atoms with Crippen molar-refractivity contribution in [1.29, 1.82) is 0 Å². The highest BCUT2D eigenvalue weighted by Crippen LogP contribution is 2.48. The van der Waals surface area contributed by atoms with E-state index in [9.17, 15) is 14.7 Å². The lowest BCUT2D eigenvalue weighted by Gasteiger charge is -2.20. The molecule has 2 aromatic carbocycles. The number of ketones is 1. The van der Waals surface area contributed by atoms with Gasteiger partial charge in [0.1, 0.15) is 0 Å². The van der Waals surface area contributed by atoms with Gasteiger partial charge in [0.05, 0.1) is 34.0 Å².